The van der Waals surface area contributed by atoms with E-state index in [0.29, 0.717) is 17.9 Å². The zero-order valence-corrected chi connectivity index (χ0v) is 11.1. The first-order valence-electron chi connectivity index (χ1n) is 6.31. The van der Waals surface area contributed by atoms with E-state index in [-0.39, 0.29) is 18.6 Å². The number of amides is 1. The summed E-state index contributed by atoms with van der Waals surface area (Å²) in [4.78, 5) is 11.7. The molecule has 1 amide bonds. The van der Waals surface area contributed by atoms with Crippen LogP contribution in [0.1, 0.15) is 26.2 Å². The van der Waals surface area contributed by atoms with Crippen LogP contribution < -0.4 is 15.8 Å². The van der Waals surface area contributed by atoms with Gasteiger partial charge in [-0.15, -0.1) is 0 Å². The molecule has 0 aliphatic rings. The molecular weight excluding hydrogens is 242 g/mol. The number of nitriles is 1. The lowest BCUT2D eigenvalue weighted by atomic mass is 10.1. The Morgan fingerprint density at radius 1 is 1.47 bits per heavy atom. The lowest BCUT2D eigenvalue weighted by Crippen LogP contribution is -2.26. The maximum Gasteiger partial charge on any atom is 0.225 e. The molecule has 1 atom stereocenters. The summed E-state index contributed by atoms with van der Waals surface area (Å²) in [5, 5.41) is 11.2. The van der Waals surface area contributed by atoms with E-state index in [1.807, 2.05) is 13.0 Å². The lowest BCUT2D eigenvalue weighted by Gasteiger charge is -2.11. The maximum atomic E-state index is 11.7. The second kappa shape index (κ2) is 8.11. The van der Waals surface area contributed by atoms with Gasteiger partial charge in [-0.05, 0) is 30.7 Å². The van der Waals surface area contributed by atoms with Crippen molar-refractivity contribution in [2.24, 2.45) is 5.73 Å². The minimum absolute atomic E-state index is 0.0115. The number of anilines is 1. The van der Waals surface area contributed by atoms with Crippen molar-refractivity contribution in [2.75, 3.05) is 11.9 Å². The molecule has 0 aliphatic carbocycles. The molecule has 1 rings (SSSR count). The second-order valence-corrected chi connectivity index (χ2v) is 4.27. The number of rotatable bonds is 7. The third-order valence-electron chi connectivity index (χ3n) is 2.55. The fourth-order valence-corrected chi connectivity index (χ4v) is 1.67. The molecular formula is C14H19N3O2. The normalized spacial score (nSPS) is 11.4. The SMILES string of the molecule is CCCC(N)CC(=O)Nc1ccc(OCC#N)cc1. The van der Waals surface area contributed by atoms with E-state index in [1.165, 1.54) is 0 Å². The molecule has 1 unspecified atom stereocenters. The Kier molecular flexibility index (Phi) is 6.41. The highest BCUT2D eigenvalue weighted by Crippen LogP contribution is 2.16. The van der Waals surface area contributed by atoms with E-state index < -0.39 is 0 Å². The molecule has 0 aliphatic heterocycles. The molecule has 0 saturated heterocycles. The van der Waals surface area contributed by atoms with Gasteiger partial charge in [-0.2, -0.15) is 5.26 Å². The highest BCUT2D eigenvalue weighted by molar-refractivity contribution is 5.91. The predicted octanol–water partition coefficient (Wildman–Crippen LogP) is 2.04. The van der Waals surface area contributed by atoms with Gasteiger partial charge in [0.05, 0.1) is 0 Å². The Morgan fingerprint density at radius 2 is 2.16 bits per heavy atom. The number of hydrogen-bond donors (Lipinski definition) is 2. The van der Waals surface area contributed by atoms with Crippen LogP contribution in [0, 0.1) is 11.3 Å². The van der Waals surface area contributed by atoms with E-state index in [0.717, 1.165) is 12.8 Å². The van der Waals surface area contributed by atoms with Crippen molar-refractivity contribution in [3.05, 3.63) is 24.3 Å². The van der Waals surface area contributed by atoms with Crippen molar-refractivity contribution in [1.82, 2.24) is 0 Å². The number of nitrogens with zero attached hydrogens (tertiary/aromatic N) is 1. The van der Waals surface area contributed by atoms with Crippen LogP contribution in [0.2, 0.25) is 0 Å². The standard InChI is InChI=1S/C14H19N3O2/c1-2-3-11(16)10-14(18)17-12-4-6-13(7-5-12)19-9-8-15/h4-7,11H,2-3,9-10,16H2,1H3,(H,17,18). The van der Waals surface area contributed by atoms with Crippen molar-refractivity contribution in [3.63, 3.8) is 0 Å². The van der Waals surface area contributed by atoms with E-state index >= 15 is 0 Å². The number of hydrogen-bond acceptors (Lipinski definition) is 4. The number of benzene rings is 1. The average Bonchev–Trinajstić information content (AvgIpc) is 2.38. The van der Waals surface area contributed by atoms with Gasteiger partial charge >= 0.3 is 0 Å². The molecule has 0 radical (unpaired) electrons. The highest BCUT2D eigenvalue weighted by atomic mass is 16.5. The smallest absolute Gasteiger partial charge is 0.225 e. The molecule has 0 heterocycles. The third-order valence-corrected chi connectivity index (χ3v) is 2.55. The van der Waals surface area contributed by atoms with Crippen LogP contribution in [0.25, 0.3) is 0 Å². The van der Waals surface area contributed by atoms with Gasteiger partial charge in [0.15, 0.2) is 6.61 Å². The monoisotopic (exact) mass is 261 g/mol. The summed E-state index contributed by atoms with van der Waals surface area (Å²) in [6.45, 7) is 2.05. The number of carbonyl (C=O) groups is 1. The predicted molar refractivity (Wildman–Crippen MR) is 73.7 cm³/mol. The third kappa shape index (κ3) is 5.89. The number of carbonyl (C=O) groups excluding carboxylic acids is 1. The molecule has 5 nitrogen and oxygen atoms in total. The van der Waals surface area contributed by atoms with E-state index in [9.17, 15) is 4.79 Å². The largest absolute Gasteiger partial charge is 0.479 e. The summed E-state index contributed by atoms with van der Waals surface area (Å²) in [6.07, 6.45) is 2.13. The van der Waals surface area contributed by atoms with Crippen LogP contribution in [0.3, 0.4) is 0 Å². The Morgan fingerprint density at radius 3 is 2.74 bits per heavy atom. The first kappa shape index (κ1) is 15.0. The summed E-state index contributed by atoms with van der Waals surface area (Å²) >= 11 is 0. The van der Waals surface area contributed by atoms with Crippen LogP contribution in [0.5, 0.6) is 5.75 Å². The van der Waals surface area contributed by atoms with Crippen molar-refractivity contribution >= 4 is 11.6 Å². The molecule has 1 aromatic carbocycles. The molecule has 0 aromatic heterocycles. The average molecular weight is 261 g/mol. The van der Waals surface area contributed by atoms with Crippen LogP contribution in [-0.2, 0) is 4.79 Å². The maximum absolute atomic E-state index is 11.7. The molecule has 0 saturated carbocycles. The molecule has 0 spiro atoms. The Labute approximate surface area is 113 Å². The molecule has 1 aromatic rings. The highest BCUT2D eigenvalue weighted by Gasteiger charge is 2.08. The Balaban J connectivity index is 2.44. The zero-order valence-electron chi connectivity index (χ0n) is 11.1. The van der Waals surface area contributed by atoms with E-state index in [1.54, 1.807) is 24.3 Å². The fraction of sp³-hybridized carbons (Fsp3) is 0.429. The number of nitrogens with one attached hydrogen (secondary N) is 1. The number of ether oxygens (including phenoxy) is 1. The summed E-state index contributed by atoms with van der Waals surface area (Å²) in [7, 11) is 0. The van der Waals surface area contributed by atoms with Gasteiger partial charge < -0.3 is 15.8 Å². The van der Waals surface area contributed by atoms with Crippen molar-refractivity contribution in [2.45, 2.75) is 32.2 Å². The summed E-state index contributed by atoms with van der Waals surface area (Å²) in [5.41, 5.74) is 6.50. The molecule has 3 N–H and O–H groups in total. The topological polar surface area (TPSA) is 88.1 Å². The van der Waals surface area contributed by atoms with Gasteiger partial charge in [-0.3, -0.25) is 4.79 Å². The molecule has 102 valence electrons. The minimum atomic E-state index is -0.0942. The quantitative estimate of drug-likeness (QED) is 0.786. The Bertz CT molecular complexity index is 437. The van der Waals surface area contributed by atoms with Gasteiger partial charge in [0.25, 0.3) is 0 Å². The number of nitrogens with two attached hydrogens (primary N) is 1. The van der Waals surface area contributed by atoms with Crippen molar-refractivity contribution in [1.29, 1.82) is 5.26 Å². The van der Waals surface area contributed by atoms with Gasteiger partial charge in [0.2, 0.25) is 5.91 Å². The molecule has 0 fully saturated rings. The first-order valence-corrected chi connectivity index (χ1v) is 6.31. The zero-order chi connectivity index (χ0) is 14.1. The minimum Gasteiger partial charge on any atom is -0.479 e. The van der Waals surface area contributed by atoms with Crippen LogP contribution in [-0.4, -0.2) is 18.6 Å². The van der Waals surface area contributed by atoms with Crippen LogP contribution in [0.4, 0.5) is 5.69 Å². The van der Waals surface area contributed by atoms with Gasteiger partial charge in [0, 0.05) is 18.2 Å². The van der Waals surface area contributed by atoms with Crippen molar-refractivity contribution < 1.29 is 9.53 Å². The van der Waals surface area contributed by atoms with Gasteiger partial charge in [0.1, 0.15) is 11.8 Å². The summed E-state index contributed by atoms with van der Waals surface area (Å²) in [5.74, 6) is 0.508. The summed E-state index contributed by atoms with van der Waals surface area (Å²) < 4.78 is 5.12. The molecule has 5 heteroatoms. The van der Waals surface area contributed by atoms with Crippen molar-refractivity contribution in [3.8, 4) is 11.8 Å². The van der Waals surface area contributed by atoms with Crippen LogP contribution in [0.15, 0.2) is 24.3 Å². The molecule has 0 bridgehead atoms. The van der Waals surface area contributed by atoms with Gasteiger partial charge in [-0.25, -0.2) is 0 Å². The van der Waals surface area contributed by atoms with Gasteiger partial charge in [-0.1, -0.05) is 13.3 Å². The van der Waals surface area contributed by atoms with E-state index in [2.05, 4.69) is 5.32 Å². The second-order valence-electron chi connectivity index (χ2n) is 4.27. The first-order chi connectivity index (χ1) is 9.15. The van der Waals surface area contributed by atoms with Crippen LogP contribution >= 0.6 is 0 Å². The van der Waals surface area contributed by atoms with E-state index in [4.69, 9.17) is 15.7 Å². The summed E-state index contributed by atoms with van der Waals surface area (Å²) in [6, 6.07) is 8.68. The lowest BCUT2D eigenvalue weighted by molar-refractivity contribution is -0.116. The Hall–Kier alpha value is -2.06. The fourth-order valence-electron chi connectivity index (χ4n) is 1.67. The molecule has 19 heavy (non-hydrogen) atoms.